The van der Waals surface area contributed by atoms with E-state index < -0.39 is 5.63 Å². The average molecular weight is 555 g/mol. The summed E-state index contributed by atoms with van der Waals surface area (Å²) in [5.74, 6) is 0.313. The predicted octanol–water partition coefficient (Wildman–Crippen LogP) is 6.65. The Morgan fingerprint density at radius 1 is 1.03 bits per heavy atom. The third kappa shape index (κ3) is 4.84. The maximum atomic E-state index is 12.5. The van der Waals surface area contributed by atoms with E-state index in [1.807, 2.05) is 30.3 Å². The molecular weight excluding hydrogens is 538 g/mol. The van der Waals surface area contributed by atoms with Crippen LogP contribution in [0.2, 0.25) is 0 Å². The maximum absolute atomic E-state index is 12.5. The van der Waals surface area contributed by atoms with Crippen molar-refractivity contribution in [3.63, 3.8) is 0 Å². The zero-order valence-electron chi connectivity index (χ0n) is 16.9. The predicted molar refractivity (Wildman–Crippen MR) is 134 cm³/mol. The molecule has 0 unspecified atom stereocenters. The number of para-hydroxylation sites is 1. The highest BCUT2D eigenvalue weighted by Gasteiger charge is 2.10. The Morgan fingerprint density at radius 2 is 1.84 bits per heavy atom. The van der Waals surface area contributed by atoms with E-state index >= 15 is 0 Å². The second-order valence-corrected chi connectivity index (χ2v) is 8.67. The molecule has 0 aliphatic heterocycles. The van der Waals surface area contributed by atoms with Gasteiger partial charge in [0.1, 0.15) is 11.3 Å². The SMILES string of the molecule is COc1c(Br)cc(Br)cc1/C=C/C(=O)Nc1cccc(-c2cc3ccccc3oc2=O)c1. The molecule has 0 aliphatic carbocycles. The number of fused-ring (bicyclic) bond motifs is 1. The molecule has 5 nitrogen and oxygen atoms in total. The number of anilines is 1. The first-order valence-electron chi connectivity index (χ1n) is 9.60. The number of halogens is 2. The first-order valence-corrected chi connectivity index (χ1v) is 11.2. The summed E-state index contributed by atoms with van der Waals surface area (Å²) in [6.07, 6.45) is 3.10. The molecule has 1 heterocycles. The van der Waals surface area contributed by atoms with Gasteiger partial charge in [0, 0.05) is 27.2 Å². The van der Waals surface area contributed by atoms with Gasteiger partial charge >= 0.3 is 5.63 Å². The van der Waals surface area contributed by atoms with Crippen molar-refractivity contribution >= 4 is 60.5 Å². The highest BCUT2D eigenvalue weighted by atomic mass is 79.9. The van der Waals surface area contributed by atoms with Crippen molar-refractivity contribution in [2.45, 2.75) is 0 Å². The van der Waals surface area contributed by atoms with Crippen molar-refractivity contribution < 1.29 is 13.9 Å². The molecule has 1 aromatic heterocycles. The number of benzene rings is 3. The molecule has 0 atom stereocenters. The first kappa shape index (κ1) is 22.0. The quantitative estimate of drug-likeness (QED) is 0.221. The minimum atomic E-state index is -0.431. The summed E-state index contributed by atoms with van der Waals surface area (Å²) in [6.45, 7) is 0. The highest BCUT2D eigenvalue weighted by Crippen LogP contribution is 2.33. The van der Waals surface area contributed by atoms with Gasteiger partial charge in [0.2, 0.25) is 5.91 Å². The van der Waals surface area contributed by atoms with Gasteiger partial charge in [0.15, 0.2) is 0 Å². The number of ether oxygens (including phenoxy) is 1. The standard InChI is InChI=1S/C25H17Br2NO4/c1-31-24-17(11-18(26)14-21(24)27)9-10-23(29)28-19-7-4-6-15(12-19)20-13-16-5-2-3-8-22(16)32-25(20)30/h2-14H,1H3,(H,28,29)/b10-9+. The first-order chi connectivity index (χ1) is 15.4. The fourth-order valence-corrected chi connectivity index (χ4v) is 4.72. The second kappa shape index (κ2) is 9.54. The Kier molecular flexibility index (Phi) is 6.58. The molecule has 1 amide bonds. The van der Waals surface area contributed by atoms with Crippen LogP contribution in [0.3, 0.4) is 0 Å². The minimum absolute atomic E-state index is 0.314. The lowest BCUT2D eigenvalue weighted by Crippen LogP contribution is -2.08. The van der Waals surface area contributed by atoms with Crippen molar-refractivity contribution in [3.8, 4) is 16.9 Å². The van der Waals surface area contributed by atoms with E-state index in [4.69, 9.17) is 9.15 Å². The van der Waals surface area contributed by atoms with Crippen LogP contribution in [0, 0.1) is 0 Å². The van der Waals surface area contributed by atoms with E-state index in [2.05, 4.69) is 37.2 Å². The van der Waals surface area contributed by atoms with Gasteiger partial charge in [-0.3, -0.25) is 4.79 Å². The number of nitrogens with one attached hydrogen (secondary N) is 1. The summed E-state index contributed by atoms with van der Waals surface area (Å²) < 4.78 is 12.5. The molecule has 32 heavy (non-hydrogen) atoms. The van der Waals surface area contributed by atoms with Crippen LogP contribution in [0.5, 0.6) is 5.75 Å². The Balaban J connectivity index is 1.58. The second-order valence-electron chi connectivity index (χ2n) is 6.90. The number of hydrogen-bond donors (Lipinski definition) is 1. The molecule has 3 aromatic carbocycles. The molecule has 0 bridgehead atoms. The van der Waals surface area contributed by atoms with E-state index in [-0.39, 0.29) is 5.91 Å². The smallest absolute Gasteiger partial charge is 0.344 e. The van der Waals surface area contributed by atoms with Crippen LogP contribution < -0.4 is 15.7 Å². The molecule has 160 valence electrons. The van der Waals surface area contributed by atoms with Gasteiger partial charge in [-0.2, -0.15) is 0 Å². The summed E-state index contributed by atoms with van der Waals surface area (Å²) >= 11 is 6.88. The average Bonchev–Trinajstić information content (AvgIpc) is 2.77. The van der Waals surface area contributed by atoms with Crippen molar-refractivity contribution in [1.29, 1.82) is 0 Å². The van der Waals surface area contributed by atoms with Gasteiger partial charge in [-0.15, -0.1) is 0 Å². The van der Waals surface area contributed by atoms with Crippen molar-refractivity contribution in [3.05, 3.63) is 97.7 Å². The summed E-state index contributed by atoms with van der Waals surface area (Å²) in [7, 11) is 1.57. The van der Waals surface area contributed by atoms with Gasteiger partial charge in [0.25, 0.3) is 0 Å². The maximum Gasteiger partial charge on any atom is 0.344 e. The lowest BCUT2D eigenvalue weighted by Gasteiger charge is -2.08. The van der Waals surface area contributed by atoms with Gasteiger partial charge < -0.3 is 14.5 Å². The minimum Gasteiger partial charge on any atom is -0.495 e. The van der Waals surface area contributed by atoms with Crippen molar-refractivity contribution in [2.24, 2.45) is 0 Å². The summed E-state index contributed by atoms with van der Waals surface area (Å²) in [6, 6.07) is 19.9. The number of methoxy groups -OCH3 is 1. The zero-order chi connectivity index (χ0) is 22.7. The number of carbonyl (C=O) groups is 1. The van der Waals surface area contributed by atoms with E-state index in [0.29, 0.717) is 28.1 Å². The largest absolute Gasteiger partial charge is 0.495 e. The van der Waals surface area contributed by atoms with Crippen LogP contribution >= 0.6 is 31.9 Å². The highest BCUT2D eigenvalue weighted by molar-refractivity contribution is 9.11. The third-order valence-corrected chi connectivity index (χ3v) is 5.78. The number of hydrogen-bond acceptors (Lipinski definition) is 4. The van der Waals surface area contributed by atoms with Crippen LogP contribution in [0.4, 0.5) is 5.69 Å². The van der Waals surface area contributed by atoms with Gasteiger partial charge in [-0.05, 0) is 64.0 Å². The Labute approximate surface area is 201 Å². The molecule has 0 saturated heterocycles. The normalized spacial score (nSPS) is 11.1. The molecule has 0 aliphatic rings. The molecule has 0 spiro atoms. The van der Waals surface area contributed by atoms with Gasteiger partial charge in [0.05, 0.1) is 17.1 Å². The number of carbonyl (C=O) groups excluding carboxylic acids is 1. The molecule has 7 heteroatoms. The van der Waals surface area contributed by atoms with Crippen LogP contribution in [0.15, 0.2) is 91.0 Å². The van der Waals surface area contributed by atoms with Crippen molar-refractivity contribution in [2.75, 3.05) is 12.4 Å². The Bertz CT molecular complexity index is 1410. The lowest BCUT2D eigenvalue weighted by molar-refractivity contribution is -0.111. The van der Waals surface area contributed by atoms with Crippen LogP contribution in [0.25, 0.3) is 28.2 Å². The Morgan fingerprint density at radius 3 is 2.66 bits per heavy atom. The fraction of sp³-hybridized carbons (Fsp3) is 0.0400. The van der Waals surface area contributed by atoms with E-state index in [0.717, 1.165) is 19.9 Å². The van der Waals surface area contributed by atoms with E-state index in [1.165, 1.54) is 6.08 Å². The van der Waals surface area contributed by atoms with Gasteiger partial charge in [-0.1, -0.05) is 46.3 Å². The topological polar surface area (TPSA) is 68.5 Å². The molecule has 0 radical (unpaired) electrons. The molecule has 4 rings (SSSR count). The van der Waals surface area contributed by atoms with E-state index in [9.17, 15) is 9.59 Å². The van der Waals surface area contributed by atoms with Crippen molar-refractivity contribution in [1.82, 2.24) is 0 Å². The molecule has 0 fully saturated rings. The van der Waals surface area contributed by atoms with Gasteiger partial charge in [-0.25, -0.2) is 4.79 Å². The summed E-state index contributed by atoms with van der Waals surface area (Å²) in [5, 5.41) is 3.65. The summed E-state index contributed by atoms with van der Waals surface area (Å²) in [5.41, 5.74) is 2.49. The molecule has 0 saturated carbocycles. The monoisotopic (exact) mass is 553 g/mol. The lowest BCUT2D eigenvalue weighted by atomic mass is 10.1. The molecular formula is C25H17Br2NO4. The Hall–Kier alpha value is -3.16. The molecule has 1 N–H and O–H groups in total. The summed E-state index contributed by atoms with van der Waals surface area (Å²) in [4.78, 5) is 25.0. The van der Waals surface area contributed by atoms with E-state index in [1.54, 1.807) is 49.6 Å². The van der Waals surface area contributed by atoms with Crippen LogP contribution in [0.1, 0.15) is 5.56 Å². The van der Waals surface area contributed by atoms with Crippen LogP contribution in [-0.2, 0) is 4.79 Å². The molecule has 4 aromatic rings. The van der Waals surface area contributed by atoms with Crippen LogP contribution in [-0.4, -0.2) is 13.0 Å². The number of rotatable bonds is 5. The number of amides is 1. The third-order valence-electron chi connectivity index (χ3n) is 4.74. The zero-order valence-corrected chi connectivity index (χ0v) is 20.1. The fourth-order valence-electron chi connectivity index (χ4n) is 3.30.